The van der Waals surface area contributed by atoms with Crippen molar-refractivity contribution in [2.75, 3.05) is 25.1 Å². The summed E-state index contributed by atoms with van der Waals surface area (Å²) in [7, 11) is 0. The molecular formula is C13H22ClN3O. The van der Waals surface area contributed by atoms with E-state index >= 15 is 0 Å². The van der Waals surface area contributed by atoms with Gasteiger partial charge in [-0.25, -0.2) is 9.97 Å². The summed E-state index contributed by atoms with van der Waals surface area (Å²) < 4.78 is 5.51. The fraction of sp³-hybridized carbons (Fsp3) is 0.692. The lowest BCUT2D eigenvalue weighted by atomic mass is 10.1. The summed E-state index contributed by atoms with van der Waals surface area (Å²) in [5.41, 5.74) is 0.961. The van der Waals surface area contributed by atoms with Gasteiger partial charge in [0, 0.05) is 18.7 Å². The number of nitrogens with one attached hydrogen (secondary N) is 1. The molecule has 0 atom stereocenters. The lowest BCUT2D eigenvalue weighted by molar-refractivity contribution is 0.118. The van der Waals surface area contributed by atoms with Crippen molar-refractivity contribution in [2.24, 2.45) is 5.92 Å². The Morgan fingerprint density at radius 3 is 2.61 bits per heavy atom. The van der Waals surface area contributed by atoms with Gasteiger partial charge >= 0.3 is 0 Å². The Balaban J connectivity index is 2.49. The first-order valence-electron chi connectivity index (χ1n) is 6.34. The quantitative estimate of drug-likeness (QED) is 0.610. The van der Waals surface area contributed by atoms with Crippen LogP contribution in [0, 0.1) is 5.92 Å². The molecule has 0 saturated heterocycles. The molecule has 0 aliphatic carbocycles. The summed E-state index contributed by atoms with van der Waals surface area (Å²) >= 11 is 6.08. The van der Waals surface area contributed by atoms with Crippen molar-refractivity contribution in [3.05, 3.63) is 17.0 Å². The second-order valence-corrected chi connectivity index (χ2v) is 5.34. The summed E-state index contributed by atoms with van der Waals surface area (Å²) in [4.78, 5) is 8.24. The molecule has 0 amide bonds. The highest BCUT2D eigenvalue weighted by atomic mass is 35.5. The molecule has 1 aromatic heterocycles. The maximum atomic E-state index is 6.08. The van der Waals surface area contributed by atoms with E-state index in [1.165, 1.54) is 6.33 Å². The van der Waals surface area contributed by atoms with Crippen molar-refractivity contribution in [1.82, 2.24) is 9.97 Å². The standard InChI is InChI=1S/C13H22ClN3O/c1-9(2)7-18-6-5-15-13-11(10(3)4)12(14)16-8-17-13/h8-10H,5-7H2,1-4H3,(H,15,16,17). The van der Waals surface area contributed by atoms with Crippen LogP contribution in [-0.2, 0) is 4.74 Å². The van der Waals surface area contributed by atoms with Gasteiger partial charge in [0.1, 0.15) is 17.3 Å². The predicted molar refractivity (Wildman–Crippen MR) is 75.3 cm³/mol. The van der Waals surface area contributed by atoms with Crippen LogP contribution < -0.4 is 5.32 Å². The van der Waals surface area contributed by atoms with Crippen LogP contribution in [0.5, 0.6) is 0 Å². The molecular weight excluding hydrogens is 250 g/mol. The van der Waals surface area contributed by atoms with Crippen molar-refractivity contribution in [1.29, 1.82) is 0 Å². The number of aromatic nitrogens is 2. The van der Waals surface area contributed by atoms with E-state index in [0.717, 1.165) is 24.5 Å². The van der Waals surface area contributed by atoms with E-state index in [1.54, 1.807) is 0 Å². The highest BCUT2D eigenvalue weighted by Gasteiger charge is 2.12. The predicted octanol–water partition coefficient (Wildman–Crippen LogP) is 3.34. The lowest BCUT2D eigenvalue weighted by Gasteiger charge is -2.14. The summed E-state index contributed by atoms with van der Waals surface area (Å²) in [6.45, 7) is 10.6. The van der Waals surface area contributed by atoms with Gasteiger partial charge < -0.3 is 10.1 Å². The van der Waals surface area contributed by atoms with E-state index in [1.807, 2.05) is 0 Å². The normalized spacial score (nSPS) is 11.3. The summed E-state index contributed by atoms with van der Waals surface area (Å²) in [6, 6.07) is 0. The molecule has 0 aromatic carbocycles. The monoisotopic (exact) mass is 271 g/mol. The number of halogens is 1. The Hall–Kier alpha value is -0.870. The summed E-state index contributed by atoms with van der Waals surface area (Å²) in [6.07, 6.45) is 1.48. The first kappa shape index (κ1) is 15.2. The molecule has 102 valence electrons. The molecule has 0 saturated carbocycles. The van der Waals surface area contributed by atoms with Crippen molar-refractivity contribution < 1.29 is 4.74 Å². The maximum Gasteiger partial charge on any atom is 0.138 e. The van der Waals surface area contributed by atoms with Gasteiger partial charge in [0.05, 0.1) is 6.61 Å². The van der Waals surface area contributed by atoms with Crippen LogP contribution in [-0.4, -0.2) is 29.7 Å². The Morgan fingerprint density at radius 2 is 2.00 bits per heavy atom. The van der Waals surface area contributed by atoms with Crippen LogP contribution in [0.4, 0.5) is 5.82 Å². The topological polar surface area (TPSA) is 47.0 Å². The molecule has 0 fully saturated rings. The minimum atomic E-state index is 0.290. The zero-order valence-corrected chi connectivity index (χ0v) is 12.3. The molecule has 1 rings (SSSR count). The second-order valence-electron chi connectivity index (χ2n) is 4.98. The first-order valence-corrected chi connectivity index (χ1v) is 6.72. The van der Waals surface area contributed by atoms with E-state index < -0.39 is 0 Å². The number of anilines is 1. The molecule has 0 spiro atoms. The van der Waals surface area contributed by atoms with E-state index in [2.05, 4.69) is 43.0 Å². The molecule has 0 aliphatic heterocycles. The molecule has 0 unspecified atom stereocenters. The number of rotatable bonds is 7. The van der Waals surface area contributed by atoms with Crippen LogP contribution in [0.25, 0.3) is 0 Å². The van der Waals surface area contributed by atoms with Gasteiger partial charge in [-0.2, -0.15) is 0 Å². The van der Waals surface area contributed by atoms with E-state index in [0.29, 0.717) is 17.7 Å². The second kappa shape index (κ2) is 7.54. The van der Waals surface area contributed by atoms with Gasteiger partial charge in [-0.1, -0.05) is 39.3 Å². The third-order valence-electron chi connectivity index (χ3n) is 2.40. The zero-order valence-electron chi connectivity index (χ0n) is 11.5. The van der Waals surface area contributed by atoms with E-state index in [-0.39, 0.29) is 5.92 Å². The zero-order chi connectivity index (χ0) is 13.5. The summed E-state index contributed by atoms with van der Waals surface area (Å²) in [5.74, 6) is 1.65. The molecule has 5 heteroatoms. The average Bonchev–Trinajstić information content (AvgIpc) is 2.27. The highest BCUT2D eigenvalue weighted by molar-refractivity contribution is 6.30. The SMILES string of the molecule is CC(C)COCCNc1ncnc(Cl)c1C(C)C. The molecule has 1 heterocycles. The van der Waals surface area contributed by atoms with Gasteiger partial charge in [-0.15, -0.1) is 0 Å². The van der Waals surface area contributed by atoms with Gasteiger partial charge in [0.25, 0.3) is 0 Å². The van der Waals surface area contributed by atoms with E-state index in [9.17, 15) is 0 Å². The Labute approximate surface area is 114 Å². The molecule has 0 bridgehead atoms. The Bertz CT molecular complexity index is 369. The van der Waals surface area contributed by atoms with Crippen LogP contribution in [0.1, 0.15) is 39.2 Å². The van der Waals surface area contributed by atoms with Crippen molar-refractivity contribution in [3.63, 3.8) is 0 Å². The number of ether oxygens (including phenoxy) is 1. The fourth-order valence-electron chi connectivity index (χ4n) is 1.59. The van der Waals surface area contributed by atoms with Gasteiger partial charge in [-0.3, -0.25) is 0 Å². The van der Waals surface area contributed by atoms with E-state index in [4.69, 9.17) is 16.3 Å². The minimum Gasteiger partial charge on any atom is -0.379 e. The third kappa shape index (κ3) is 4.78. The molecule has 0 aliphatic rings. The third-order valence-corrected chi connectivity index (χ3v) is 2.70. The Kier molecular flexibility index (Phi) is 6.36. The van der Waals surface area contributed by atoms with Crippen molar-refractivity contribution in [2.45, 2.75) is 33.6 Å². The smallest absolute Gasteiger partial charge is 0.138 e. The van der Waals surface area contributed by atoms with Gasteiger partial charge in [0.15, 0.2) is 0 Å². The highest BCUT2D eigenvalue weighted by Crippen LogP contribution is 2.27. The molecule has 1 N–H and O–H groups in total. The average molecular weight is 272 g/mol. The largest absolute Gasteiger partial charge is 0.379 e. The molecule has 18 heavy (non-hydrogen) atoms. The van der Waals surface area contributed by atoms with Gasteiger partial charge in [0.2, 0.25) is 0 Å². The number of hydrogen-bond donors (Lipinski definition) is 1. The fourth-order valence-corrected chi connectivity index (χ4v) is 1.94. The molecule has 0 radical (unpaired) electrons. The minimum absolute atomic E-state index is 0.290. The molecule has 4 nitrogen and oxygen atoms in total. The van der Waals surface area contributed by atoms with Crippen LogP contribution in [0.3, 0.4) is 0 Å². The Morgan fingerprint density at radius 1 is 1.28 bits per heavy atom. The van der Waals surface area contributed by atoms with Gasteiger partial charge in [-0.05, 0) is 11.8 Å². The molecule has 1 aromatic rings. The first-order chi connectivity index (χ1) is 8.52. The maximum absolute atomic E-state index is 6.08. The number of nitrogens with zero attached hydrogens (tertiary/aromatic N) is 2. The summed E-state index contributed by atoms with van der Waals surface area (Å²) in [5, 5.41) is 3.77. The van der Waals surface area contributed by atoms with Crippen LogP contribution in [0.15, 0.2) is 6.33 Å². The van der Waals surface area contributed by atoms with Crippen LogP contribution >= 0.6 is 11.6 Å². The van der Waals surface area contributed by atoms with Crippen LogP contribution in [0.2, 0.25) is 5.15 Å². The van der Waals surface area contributed by atoms with Crippen molar-refractivity contribution in [3.8, 4) is 0 Å². The number of hydrogen-bond acceptors (Lipinski definition) is 4. The van der Waals surface area contributed by atoms with Crippen molar-refractivity contribution >= 4 is 17.4 Å². The lowest BCUT2D eigenvalue weighted by Crippen LogP contribution is -2.14.